The summed E-state index contributed by atoms with van der Waals surface area (Å²) in [7, 11) is 0. The molecule has 1 heterocycles. The average molecular weight is 282 g/mol. The van der Waals surface area contributed by atoms with Crippen LogP contribution in [0.2, 0.25) is 0 Å². The van der Waals surface area contributed by atoms with Crippen LogP contribution in [0.25, 0.3) is 0 Å². The van der Waals surface area contributed by atoms with Crippen LogP contribution in [-0.4, -0.2) is 23.6 Å². The first kappa shape index (κ1) is 15.3. The van der Waals surface area contributed by atoms with E-state index in [1.54, 1.807) is 6.92 Å². The first-order chi connectivity index (χ1) is 9.29. The van der Waals surface area contributed by atoms with E-state index in [0.29, 0.717) is 5.92 Å². The fourth-order valence-corrected chi connectivity index (χ4v) is 3.31. The highest BCUT2D eigenvalue weighted by Crippen LogP contribution is 2.39. The number of hydrogen-bond acceptors (Lipinski definition) is 4. The topological polar surface area (TPSA) is 52.6 Å². The predicted molar refractivity (Wildman–Crippen MR) is 75.0 cm³/mol. The lowest BCUT2D eigenvalue weighted by atomic mass is 9.78. The number of esters is 2. The molecule has 3 atom stereocenters. The molecule has 0 aromatic rings. The summed E-state index contributed by atoms with van der Waals surface area (Å²) in [5, 5.41) is 0. The molecule has 1 aliphatic carbocycles. The molecular formula is C16H26O4. The van der Waals surface area contributed by atoms with Gasteiger partial charge in [0.2, 0.25) is 0 Å². The fraction of sp³-hybridized carbons (Fsp3) is 0.875. The zero-order valence-electron chi connectivity index (χ0n) is 13.0. The Morgan fingerprint density at radius 3 is 2.35 bits per heavy atom. The third kappa shape index (κ3) is 3.33. The van der Waals surface area contributed by atoms with Crippen molar-refractivity contribution in [1.29, 1.82) is 0 Å². The Balaban J connectivity index is 2.13. The highest BCUT2D eigenvalue weighted by Gasteiger charge is 2.50. The second kappa shape index (κ2) is 5.74. The summed E-state index contributed by atoms with van der Waals surface area (Å²) >= 11 is 0. The van der Waals surface area contributed by atoms with Gasteiger partial charge >= 0.3 is 11.9 Å². The van der Waals surface area contributed by atoms with Crippen molar-refractivity contribution in [3.63, 3.8) is 0 Å². The van der Waals surface area contributed by atoms with Crippen molar-refractivity contribution in [2.45, 2.75) is 71.5 Å². The second-order valence-corrected chi connectivity index (χ2v) is 7.15. The van der Waals surface area contributed by atoms with Gasteiger partial charge in [-0.05, 0) is 39.5 Å². The fourth-order valence-electron chi connectivity index (χ4n) is 3.31. The van der Waals surface area contributed by atoms with Crippen molar-refractivity contribution >= 4 is 11.9 Å². The van der Waals surface area contributed by atoms with Gasteiger partial charge in [0, 0.05) is 0 Å². The first-order valence-corrected chi connectivity index (χ1v) is 7.73. The van der Waals surface area contributed by atoms with Gasteiger partial charge in [0.15, 0.2) is 0 Å². The van der Waals surface area contributed by atoms with Gasteiger partial charge < -0.3 is 9.47 Å². The van der Waals surface area contributed by atoms with E-state index in [0.717, 1.165) is 25.7 Å². The normalized spacial score (nSPS) is 32.0. The van der Waals surface area contributed by atoms with Crippen LogP contribution in [0.15, 0.2) is 0 Å². The molecule has 114 valence electrons. The molecule has 0 unspecified atom stereocenters. The summed E-state index contributed by atoms with van der Waals surface area (Å²) in [4.78, 5) is 24.3. The second-order valence-electron chi connectivity index (χ2n) is 7.15. The summed E-state index contributed by atoms with van der Waals surface area (Å²) in [6.45, 7) is 7.33. The molecule has 1 saturated carbocycles. The van der Waals surface area contributed by atoms with Gasteiger partial charge in [-0.1, -0.05) is 26.2 Å². The van der Waals surface area contributed by atoms with Crippen LogP contribution in [0.4, 0.5) is 0 Å². The number of cyclic esters (lactones) is 1. The largest absolute Gasteiger partial charge is 0.461 e. The van der Waals surface area contributed by atoms with Gasteiger partial charge in [0.25, 0.3) is 0 Å². The lowest BCUT2D eigenvalue weighted by molar-refractivity contribution is -0.164. The molecule has 1 aliphatic heterocycles. The molecule has 0 aromatic carbocycles. The van der Waals surface area contributed by atoms with Gasteiger partial charge in [0.1, 0.15) is 17.6 Å². The minimum atomic E-state index is -0.528. The predicted octanol–water partition coefficient (Wildman–Crippen LogP) is 3.09. The van der Waals surface area contributed by atoms with Gasteiger partial charge in [-0.3, -0.25) is 9.59 Å². The third-order valence-corrected chi connectivity index (χ3v) is 4.31. The molecule has 0 spiro atoms. The number of ether oxygens (including phenoxy) is 2. The Morgan fingerprint density at radius 1 is 1.20 bits per heavy atom. The summed E-state index contributed by atoms with van der Waals surface area (Å²) in [5.74, 6) is -1.06. The highest BCUT2D eigenvalue weighted by molar-refractivity contribution is 5.85. The van der Waals surface area contributed by atoms with Crippen molar-refractivity contribution in [2.24, 2.45) is 17.8 Å². The number of rotatable bonds is 2. The summed E-state index contributed by atoms with van der Waals surface area (Å²) in [5.41, 5.74) is -0.528. The molecule has 2 rings (SSSR count). The van der Waals surface area contributed by atoms with Crippen molar-refractivity contribution in [3.05, 3.63) is 0 Å². The molecule has 0 bridgehead atoms. The Bertz CT molecular complexity index is 376. The highest BCUT2D eigenvalue weighted by atomic mass is 16.6. The van der Waals surface area contributed by atoms with Crippen LogP contribution in [0.1, 0.15) is 59.8 Å². The SMILES string of the molecule is C[C@H]1C(=O)O[C@@H](C2CCCCC2)[C@@H]1C(=O)OC(C)(C)C. The van der Waals surface area contributed by atoms with Crippen LogP contribution in [-0.2, 0) is 19.1 Å². The standard InChI is InChI=1S/C16H26O4/c1-10-12(15(18)20-16(2,3)4)13(19-14(10)17)11-8-6-5-7-9-11/h10-13H,5-9H2,1-4H3/t10-,12-,13+/m1/s1. The monoisotopic (exact) mass is 282 g/mol. The molecule has 4 nitrogen and oxygen atoms in total. The smallest absolute Gasteiger partial charge is 0.314 e. The molecule has 0 radical (unpaired) electrons. The summed E-state index contributed by atoms with van der Waals surface area (Å²) < 4.78 is 11.0. The molecule has 0 N–H and O–H groups in total. The van der Waals surface area contributed by atoms with Gasteiger partial charge in [-0.15, -0.1) is 0 Å². The molecule has 20 heavy (non-hydrogen) atoms. The van der Waals surface area contributed by atoms with E-state index < -0.39 is 17.4 Å². The third-order valence-electron chi connectivity index (χ3n) is 4.31. The van der Waals surface area contributed by atoms with Crippen molar-refractivity contribution < 1.29 is 19.1 Å². The van der Waals surface area contributed by atoms with Gasteiger partial charge in [-0.25, -0.2) is 0 Å². The van der Waals surface area contributed by atoms with Gasteiger partial charge in [0.05, 0.1) is 5.92 Å². The van der Waals surface area contributed by atoms with Crippen molar-refractivity contribution in [1.82, 2.24) is 0 Å². The van der Waals surface area contributed by atoms with Crippen LogP contribution < -0.4 is 0 Å². The van der Waals surface area contributed by atoms with E-state index in [9.17, 15) is 9.59 Å². The summed E-state index contributed by atoms with van der Waals surface area (Å²) in [6, 6.07) is 0. The lowest BCUT2D eigenvalue weighted by Crippen LogP contribution is -2.38. The zero-order valence-corrected chi connectivity index (χ0v) is 13.0. The van der Waals surface area contributed by atoms with Crippen LogP contribution in [0.3, 0.4) is 0 Å². The minimum absolute atomic E-state index is 0.253. The van der Waals surface area contributed by atoms with E-state index in [1.165, 1.54) is 6.42 Å². The quantitative estimate of drug-likeness (QED) is 0.730. The maximum Gasteiger partial charge on any atom is 0.314 e. The van der Waals surface area contributed by atoms with E-state index in [-0.39, 0.29) is 18.0 Å². The zero-order chi connectivity index (χ0) is 14.9. The van der Waals surface area contributed by atoms with Crippen molar-refractivity contribution in [2.75, 3.05) is 0 Å². The molecular weight excluding hydrogens is 256 g/mol. The molecule has 4 heteroatoms. The maximum absolute atomic E-state index is 12.4. The number of carbonyl (C=O) groups excluding carboxylic acids is 2. The first-order valence-electron chi connectivity index (χ1n) is 7.73. The number of hydrogen-bond donors (Lipinski definition) is 0. The van der Waals surface area contributed by atoms with Crippen LogP contribution in [0, 0.1) is 17.8 Å². The Labute approximate surface area is 121 Å². The van der Waals surface area contributed by atoms with E-state index in [4.69, 9.17) is 9.47 Å². The lowest BCUT2D eigenvalue weighted by Gasteiger charge is -2.31. The van der Waals surface area contributed by atoms with E-state index >= 15 is 0 Å². The maximum atomic E-state index is 12.4. The molecule has 2 fully saturated rings. The Kier molecular flexibility index (Phi) is 4.40. The average Bonchev–Trinajstić information content (AvgIpc) is 2.65. The van der Waals surface area contributed by atoms with E-state index in [1.807, 2.05) is 20.8 Å². The van der Waals surface area contributed by atoms with Crippen LogP contribution in [0.5, 0.6) is 0 Å². The number of carbonyl (C=O) groups is 2. The molecule has 2 aliphatic rings. The minimum Gasteiger partial charge on any atom is -0.461 e. The summed E-state index contributed by atoms with van der Waals surface area (Å²) in [6.07, 6.45) is 5.37. The Hall–Kier alpha value is -1.06. The van der Waals surface area contributed by atoms with E-state index in [2.05, 4.69) is 0 Å². The Morgan fingerprint density at radius 2 is 1.80 bits per heavy atom. The van der Waals surface area contributed by atoms with Crippen molar-refractivity contribution in [3.8, 4) is 0 Å². The molecule has 1 saturated heterocycles. The molecule has 0 aromatic heterocycles. The van der Waals surface area contributed by atoms with Gasteiger partial charge in [-0.2, -0.15) is 0 Å². The van der Waals surface area contributed by atoms with Crippen LogP contribution >= 0.6 is 0 Å². The molecule has 0 amide bonds.